The molecule has 1 aromatic carbocycles. The lowest BCUT2D eigenvalue weighted by Gasteiger charge is -2.17. The first kappa shape index (κ1) is 15.8. The van der Waals surface area contributed by atoms with Crippen molar-refractivity contribution in [1.29, 1.82) is 0 Å². The summed E-state index contributed by atoms with van der Waals surface area (Å²) in [5.41, 5.74) is 6.29. The van der Waals surface area contributed by atoms with Gasteiger partial charge in [0.05, 0.1) is 12.6 Å². The van der Waals surface area contributed by atoms with Crippen LogP contribution in [0.1, 0.15) is 18.9 Å². The van der Waals surface area contributed by atoms with E-state index in [-0.39, 0.29) is 6.10 Å². The maximum Gasteiger partial charge on any atom is 0.119 e. The zero-order chi connectivity index (χ0) is 15.1. The predicted molar refractivity (Wildman–Crippen MR) is 84.1 cm³/mol. The zero-order valence-electron chi connectivity index (χ0n) is 12.6. The van der Waals surface area contributed by atoms with Crippen molar-refractivity contribution in [2.75, 3.05) is 32.8 Å². The Balaban J connectivity index is 1.71. The smallest absolute Gasteiger partial charge is 0.119 e. The summed E-state index contributed by atoms with van der Waals surface area (Å²) in [7, 11) is 0. The SMILES string of the molecule is CC(O)C1CCN(CCOc2ccc(C#CCN)cc2)C1. The fourth-order valence-electron chi connectivity index (χ4n) is 2.54. The highest BCUT2D eigenvalue weighted by Gasteiger charge is 2.25. The number of rotatable bonds is 5. The van der Waals surface area contributed by atoms with Crippen LogP contribution in [0.3, 0.4) is 0 Å². The molecule has 1 aromatic rings. The van der Waals surface area contributed by atoms with Crippen molar-refractivity contribution in [3.63, 3.8) is 0 Å². The van der Waals surface area contributed by atoms with Crippen LogP contribution < -0.4 is 10.5 Å². The Kier molecular flexibility index (Phi) is 6.06. The molecule has 4 heteroatoms. The van der Waals surface area contributed by atoms with E-state index < -0.39 is 0 Å². The van der Waals surface area contributed by atoms with Crippen LogP contribution in [0.4, 0.5) is 0 Å². The van der Waals surface area contributed by atoms with Crippen molar-refractivity contribution in [2.24, 2.45) is 11.7 Å². The molecule has 1 heterocycles. The molecule has 1 aliphatic heterocycles. The average molecular weight is 288 g/mol. The fraction of sp³-hybridized carbons (Fsp3) is 0.529. The number of likely N-dealkylation sites (tertiary alicyclic amines) is 1. The minimum Gasteiger partial charge on any atom is -0.492 e. The fourth-order valence-corrected chi connectivity index (χ4v) is 2.54. The third-order valence-electron chi connectivity index (χ3n) is 3.86. The molecule has 2 atom stereocenters. The molecule has 2 rings (SSSR count). The van der Waals surface area contributed by atoms with Gasteiger partial charge >= 0.3 is 0 Å². The summed E-state index contributed by atoms with van der Waals surface area (Å²) in [5.74, 6) is 7.08. The quantitative estimate of drug-likeness (QED) is 0.796. The number of aliphatic hydroxyl groups is 1. The minimum atomic E-state index is -0.210. The first-order valence-corrected chi connectivity index (χ1v) is 7.51. The van der Waals surface area contributed by atoms with Gasteiger partial charge in [0.15, 0.2) is 0 Å². The molecule has 114 valence electrons. The van der Waals surface area contributed by atoms with Gasteiger partial charge < -0.3 is 15.6 Å². The van der Waals surface area contributed by atoms with Gasteiger partial charge in [0, 0.05) is 18.7 Å². The van der Waals surface area contributed by atoms with Gasteiger partial charge in [-0.25, -0.2) is 0 Å². The van der Waals surface area contributed by atoms with E-state index in [1.54, 1.807) is 0 Å². The number of nitrogens with zero attached hydrogens (tertiary/aromatic N) is 1. The van der Waals surface area contributed by atoms with Crippen molar-refractivity contribution >= 4 is 0 Å². The topological polar surface area (TPSA) is 58.7 Å². The van der Waals surface area contributed by atoms with E-state index in [4.69, 9.17) is 10.5 Å². The highest BCUT2D eigenvalue weighted by molar-refractivity contribution is 5.38. The molecule has 1 aliphatic rings. The van der Waals surface area contributed by atoms with Gasteiger partial charge in [-0.05, 0) is 50.1 Å². The van der Waals surface area contributed by atoms with Crippen LogP contribution in [0.5, 0.6) is 5.75 Å². The summed E-state index contributed by atoms with van der Waals surface area (Å²) >= 11 is 0. The molecule has 21 heavy (non-hydrogen) atoms. The van der Waals surface area contributed by atoms with E-state index in [9.17, 15) is 5.11 Å². The number of nitrogens with two attached hydrogens (primary N) is 1. The van der Waals surface area contributed by atoms with Gasteiger partial charge in [0.1, 0.15) is 12.4 Å². The molecule has 4 nitrogen and oxygen atoms in total. The minimum absolute atomic E-state index is 0.210. The average Bonchev–Trinajstić information content (AvgIpc) is 2.95. The normalized spacial score (nSPS) is 19.9. The summed E-state index contributed by atoms with van der Waals surface area (Å²) in [4.78, 5) is 2.35. The molecule has 1 saturated heterocycles. The number of ether oxygens (including phenoxy) is 1. The van der Waals surface area contributed by atoms with Crippen LogP contribution in [-0.4, -0.2) is 48.9 Å². The molecule has 0 aliphatic carbocycles. The molecule has 0 spiro atoms. The number of benzene rings is 1. The Hall–Kier alpha value is -1.54. The van der Waals surface area contributed by atoms with Gasteiger partial charge in [-0.2, -0.15) is 0 Å². The highest BCUT2D eigenvalue weighted by atomic mass is 16.5. The van der Waals surface area contributed by atoms with Crippen LogP contribution in [0.2, 0.25) is 0 Å². The summed E-state index contributed by atoms with van der Waals surface area (Å²) in [6, 6.07) is 7.75. The van der Waals surface area contributed by atoms with Gasteiger partial charge in [-0.1, -0.05) is 11.8 Å². The van der Waals surface area contributed by atoms with Crippen molar-refractivity contribution in [3.8, 4) is 17.6 Å². The molecular weight excluding hydrogens is 264 g/mol. The van der Waals surface area contributed by atoms with Crippen LogP contribution in [0.25, 0.3) is 0 Å². The molecule has 0 amide bonds. The molecule has 3 N–H and O–H groups in total. The Morgan fingerprint density at radius 1 is 1.43 bits per heavy atom. The summed E-state index contributed by atoms with van der Waals surface area (Å²) in [6.07, 6.45) is 0.865. The molecule has 0 bridgehead atoms. The maximum absolute atomic E-state index is 9.58. The van der Waals surface area contributed by atoms with Crippen molar-refractivity contribution in [2.45, 2.75) is 19.4 Å². The van der Waals surface area contributed by atoms with Gasteiger partial charge in [0.25, 0.3) is 0 Å². The molecule has 1 fully saturated rings. The molecular formula is C17H24N2O2. The zero-order valence-corrected chi connectivity index (χ0v) is 12.6. The van der Waals surface area contributed by atoms with Crippen LogP contribution in [-0.2, 0) is 0 Å². The maximum atomic E-state index is 9.58. The Labute approximate surface area is 126 Å². The Bertz CT molecular complexity index is 488. The predicted octanol–water partition coefficient (Wildman–Crippen LogP) is 1.08. The van der Waals surface area contributed by atoms with E-state index in [1.165, 1.54) is 0 Å². The van der Waals surface area contributed by atoms with E-state index in [1.807, 2.05) is 31.2 Å². The van der Waals surface area contributed by atoms with E-state index in [0.717, 1.165) is 37.4 Å². The first-order chi connectivity index (χ1) is 10.2. The van der Waals surface area contributed by atoms with E-state index >= 15 is 0 Å². The van der Waals surface area contributed by atoms with Crippen molar-refractivity contribution < 1.29 is 9.84 Å². The third-order valence-corrected chi connectivity index (χ3v) is 3.86. The second kappa shape index (κ2) is 8.04. The number of hydrogen-bond acceptors (Lipinski definition) is 4. The number of aliphatic hydroxyl groups excluding tert-OH is 1. The largest absolute Gasteiger partial charge is 0.492 e. The Morgan fingerprint density at radius 2 is 2.19 bits per heavy atom. The summed E-state index contributed by atoms with van der Waals surface area (Å²) < 4.78 is 5.75. The standard InChI is InChI=1S/C17H24N2O2/c1-14(20)16-8-10-19(13-16)11-12-21-17-6-4-15(5-7-17)3-2-9-18/h4-7,14,16,20H,8-13,18H2,1H3. The van der Waals surface area contributed by atoms with Crippen LogP contribution >= 0.6 is 0 Å². The summed E-state index contributed by atoms with van der Waals surface area (Å²) in [6.45, 7) is 5.83. The molecule has 2 unspecified atom stereocenters. The molecule has 0 radical (unpaired) electrons. The third kappa shape index (κ3) is 5.05. The van der Waals surface area contributed by atoms with E-state index in [2.05, 4.69) is 16.7 Å². The Morgan fingerprint density at radius 3 is 2.81 bits per heavy atom. The number of hydrogen-bond donors (Lipinski definition) is 2. The lowest BCUT2D eigenvalue weighted by Crippen LogP contribution is -2.28. The highest BCUT2D eigenvalue weighted by Crippen LogP contribution is 2.19. The van der Waals surface area contributed by atoms with Crippen molar-refractivity contribution in [1.82, 2.24) is 4.90 Å². The lowest BCUT2D eigenvalue weighted by molar-refractivity contribution is 0.125. The van der Waals surface area contributed by atoms with Gasteiger partial charge in [-0.3, -0.25) is 4.90 Å². The lowest BCUT2D eigenvalue weighted by atomic mass is 10.0. The second-order valence-electron chi connectivity index (χ2n) is 5.47. The molecule has 0 aromatic heterocycles. The van der Waals surface area contributed by atoms with Gasteiger partial charge in [-0.15, -0.1) is 0 Å². The van der Waals surface area contributed by atoms with Gasteiger partial charge in [0.2, 0.25) is 0 Å². The molecule has 0 saturated carbocycles. The van der Waals surface area contributed by atoms with Crippen LogP contribution in [0, 0.1) is 17.8 Å². The van der Waals surface area contributed by atoms with Crippen molar-refractivity contribution in [3.05, 3.63) is 29.8 Å². The monoisotopic (exact) mass is 288 g/mol. The second-order valence-corrected chi connectivity index (χ2v) is 5.47. The first-order valence-electron chi connectivity index (χ1n) is 7.51. The van der Waals surface area contributed by atoms with Crippen LogP contribution in [0.15, 0.2) is 24.3 Å². The van der Waals surface area contributed by atoms with E-state index in [0.29, 0.717) is 19.1 Å². The summed E-state index contributed by atoms with van der Waals surface area (Å²) in [5, 5.41) is 9.58.